The Morgan fingerprint density at radius 3 is 2.78 bits per heavy atom. The van der Waals surface area contributed by atoms with Crippen LogP contribution in [0.25, 0.3) is 11.5 Å². The SMILES string of the molecule is C=CCCC(Sc1nc2c(N)ncn(CCN3CCN(C(C)=O)CC3)c-2n1)C1Oc2ccc(Br)cc2O1. The molecule has 2 atom stereocenters. The van der Waals surface area contributed by atoms with Gasteiger partial charge >= 0.3 is 0 Å². The van der Waals surface area contributed by atoms with Crippen molar-refractivity contribution in [2.75, 3.05) is 38.5 Å². The molecule has 0 radical (unpaired) electrons. The first kappa shape index (κ1) is 25.8. The van der Waals surface area contributed by atoms with Gasteiger partial charge < -0.3 is 24.7 Å². The van der Waals surface area contributed by atoms with Crippen molar-refractivity contribution in [3.8, 4) is 23.0 Å². The van der Waals surface area contributed by atoms with Crippen LogP contribution in [0.2, 0.25) is 0 Å². The number of imidazole rings is 1. The first-order valence-corrected chi connectivity index (χ1v) is 13.9. The van der Waals surface area contributed by atoms with Gasteiger partial charge in [-0.1, -0.05) is 33.8 Å². The highest BCUT2D eigenvalue weighted by Gasteiger charge is 2.34. The van der Waals surface area contributed by atoms with Crippen molar-refractivity contribution in [1.82, 2.24) is 29.3 Å². The van der Waals surface area contributed by atoms with Crippen LogP contribution in [0.3, 0.4) is 0 Å². The number of carbonyl (C=O) groups is 1. The number of nitrogens with zero attached hydrogens (tertiary/aromatic N) is 6. The molecular weight excluding hydrogens is 558 g/mol. The number of hydrogen-bond acceptors (Lipinski definition) is 9. The Balaban J connectivity index is 1.29. The molecule has 2 unspecified atom stereocenters. The van der Waals surface area contributed by atoms with Gasteiger partial charge in [0, 0.05) is 50.7 Å². The van der Waals surface area contributed by atoms with E-state index in [9.17, 15) is 4.79 Å². The molecule has 0 aliphatic carbocycles. The van der Waals surface area contributed by atoms with E-state index in [0.717, 1.165) is 55.8 Å². The van der Waals surface area contributed by atoms with Crippen molar-refractivity contribution in [3.63, 3.8) is 0 Å². The van der Waals surface area contributed by atoms with Crippen molar-refractivity contribution in [3.05, 3.63) is 41.7 Å². The minimum absolute atomic E-state index is 0.0545. The average molecular weight is 589 g/mol. The van der Waals surface area contributed by atoms with E-state index >= 15 is 0 Å². The van der Waals surface area contributed by atoms with E-state index in [1.54, 1.807) is 13.3 Å². The van der Waals surface area contributed by atoms with Crippen LogP contribution < -0.4 is 15.2 Å². The minimum atomic E-state index is -0.466. The molecule has 10 nitrogen and oxygen atoms in total. The van der Waals surface area contributed by atoms with Gasteiger partial charge in [-0.15, -0.1) is 6.58 Å². The summed E-state index contributed by atoms with van der Waals surface area (Å²) in [6, 6.07) is 5.74. The van der Waals surface area contributed by atoms with Crippen LogP contribution in [0.15, 0.2) is 46.8 Å². The maximum absolute atomic E-state index is 11.6. The normalized spacial score (nSPS) is 18.3. The molecule has 0 bridgehead atoms. The van der Waals surface area contributed by atoms with Gasteiger partial charge in [0.05, 0.1) is 11.6 Å². The Hall–Kier alpha value is -2.83. The number of amides is 1. The van der Waals surface area contributed by atoms with Crippen molar-refractivity contribution in [2.24, 2.45) is 0 Å². The Morgan fingerprint density at radius 2 is 2.03 bits per heavy atom. The van der Waals surface area contributed by atoms with Gasteiger partial charge in [-0.2, -0.15) is 0 Å². The lowest BCUT2D eigenvalue weighted by Crippen LogP contribution is -2.48. The molecule has 12 heteroatoms. The molecule has 37 heavy (non-hydrogen) atoms. The Kier molecular flexibility index (Phi) is 7.87. The molecule has 1 amide bonds. The summed E-state index contributed by atoms with van der Waals surface area (Å²) >= 11 is 5.00. The topological polar surface area (TPSA) is 112 Å². The lowest BCUT2D eigenvalue weighted by Gasteiger charge is -2.34. The highest BCUT2D eigenvalue weighted by molar-refractivity contribution is 9.10. The summed E-state index contributed by atoms with van der Waals surface area (Å²) in [7, 11) is 0. The molecule has 5 rings (SSSR count). The molecule has 0 aromatic heterocycles. The van der Waals surface area contributed by atoms with Gasteiger partial charge in [0.15, 0.2) is 34.0 Å². The Bertz CT molecular complexity index is 1250. The number of fused-ring (bicyclic) bond motifs is 2. The molecule has 1 aromatic rings. The smallest absolute Gasteiger partial charge is 0.253 e. The maximum Gasteiger partial charge on any atom is 0.253 e. The van der Waals surface area contributed by atoms with Gasteiger partial charge in [-0.05, 0) is 31.0 Å². The zero-order valence-electron chi connectivity index (χ0n) is 20.7. The molecule has 4 aliphatic rings. The third-order valence-electron chi connectivity index (χ3n) is 6.55. The van der Waals surface area contributed by atoms with E-state index in [4.69, 9.17) is 25.2 Å². The van der Waals surface area contributed by atoms with E-state index in [2.05, 4.69) is 32.4 Å². The lowest BCUT2D eigenvalue weighted by molar-refractivity contribution is -0.130. The molecule has 1 saturated heterocycles. The van der Waals surface area contributed by atoms with Crippen LogP contribution >= 0.6 is 27.7 Å². The molecule has 4 aliphatic heterocycles. The summed E-state index contributed by atoms with van der Waals surface area (Å²) in [5.74, 6) is 2.63. The van der Waals surface area contributed by atoms with Gasteiger partial charge in [0.2, 0.25) is 5.91 Å². The fourth-order valence-corrected chi connectivity index (χ4v) is 5.82. The molecule has 196 valence electrons. The number of nitrogen functional groups attached to an aromatic ring is 1. The second kappa shape index (κ2) is 11.3. The first-order valence-electron chi connectivity index (χ1n) is 12.3. The van der Waals surface area contributed by atoms with E-state index in [0.29, 0.717) is 34.8 Å². The van der Waals surface area contributed by atoms with Crippen LogP contribution in [-0.4, -0.2) is 79.5 Å². The van der Waals surface area contributed by atoms with Crippen LogP contribution in [-0.2, 0) is 11.3 Å². The number of benzene rings is 1. The predicted molar refractivity (Wildman–Crippen MR) is 146 cm³/mol. The van der Waals surface area contributed by atoms with Gasteiger partial charge in [0.1, 0.15) is 0 Å². The second-order valence-electron chi connectivity index (χ2n) is 9.07. The number of aromatic nitrogens is 4. The lowest BCUT2D eigenvalue weighted by atomic mass is 10.2. The number of rotatable bonds is 9. The number of anilines is 1. The summed E-state index contributed by atoms with van der Waals surface area (Å²) in [6.45, 7) is 10.2. The number of carbonyl (C=O) groups excluding carboxylic acids is 1. The van der Waals surface area contributed by atoms with Crippen molar-refractivity contribution in [2.45, 2.75) is 43.0 Å². The summed E-state index contributed by atoms with van der Waals surface area (Å²) in [4.78, 5) is 29.7. The quantitative estimate of drug-likeness (QED) is 0.297. The summed E-state index contributed by atoms with van der Waals surface area (Å²) in [6.07, 6.45) is 4.74. The van der Waals surface area contributed by atoms with Gasteiger partial charge in [-0.3, -0.25) is 9.69 Å². The minimum Gasteiger partial charge on any atom is -0.450 e. The molecule has 2 N–H and O–H groups in total. The summed E-state index contributed by atoms with van der Waals surface area (Å²) in [5, 5.41) is 0.554. The Labute approximate surface area is 228 Å². The number of piperazine rings is 1. The highest BCUT2D eigenvalue weighted by atomic mass is 79.9. The molecular formula is C25H30BrN7O3S. The number of ether oxygens (including phenoxy) is 2. The van der Waals surface area contributed by atoms with Crippen LogP contribution in [0.5, 0.6) is 11.5 Å². The molecule has 4 heterocycles. The zero-order valence-corrected chi connectivity index (χ0v) is 23.1. The zero-order chi connectivity index (χ0) is 25.9. The molecule has 1 aromatic carbocycles. The van der Waals surface area contributed by atoms with Crippen molar-refractivity contribution >= 4 is 39.4 Å². The maximum atomic E-state index is 11.6. The fourth-order valence-electron chi connectivity index (χ4n) is 4.45. The second-order valence-corrected chi connectivity index (χ2v) is 11.2. The number of thioether (sulfide) groups is 1. The first-order chi connectivity index (χ1) is 17.9. The number of nitrogens with two attached hydrogens (primary N) is 1. The van der Waals surface area contributed by atoms with Gasteiger partial charge in [0.25, 0.3) is 6.29 Å². The molecule has 0 saturated carbocycles. The molecule has 0 spiro atoms. The van der Waals surface area contributed by atoms with E-state index in [1.807, 2.05) is 33.7 Å². The van der Waals surface area contributed by atoms with Crippen molar-refractivity contribution in [1.29, 1.82) is 0 Å². The summed E-state index contributed by atoms with van der Waals surface area (Å²) < 4.78 is 15.2. The average Bonchev–Trinajstić information content (AvgIpc) is 3.51. The van der Waals surface area contributed by atoms with Crippen LogP contribution in [0, 0.1) is 0 Å². The number of halogens is 1. The fraction of sp³-hybridized carbons (Fsp3) is 0.440. The predicted octanol–water partition coefficient (Wildman–Crippen LogP) is 3.51. The van der Waals surface area contributed by atoms with Crippen molar-refractivity contribution < 1.29 is 14.3 Å². The third kappa shape index (κ3) is 5.86. The largest absolute Gasteiger partial charge is 0.450 e. The van der Waals surface area contributed by atoms with E-state index in [-0.39, 0.29) is 11.2 Å². The van der Waals surface area contributed by atoms with Gasteiger partial charge in [-0.25, -0.2) is 15.0 Å². The van der Waals surface area contributed by atoms with Crippen LogP contribution in [0.1, 0.15) is 19.8 Å². The monoisotopic (exact) mass is 587 g/mol. The Morgan fingerprint density at radius 1 is 1.24 bits per heavy atom. The van der Waals surface area contributed by atoms with Crippen LogP contribution in [0.4, 0.5) is 5.82 Å². The number of allylic oxidation sites excluding steroid dienone is 1. The number of hydrogen-bond donors (Lipinski definition) is 1. The highest BCUT2D eigenvalue weighted by Crippen LogP contribution is 2.41. The molecule has 1 fully saturated rings. The van der Waals surface area contributed by atoms with E-state index in [1.165, 1.54) is 11.8 Å². The standard InChI is InChI=1S/C25H30BrN7O3S/c1-3-4-5-20(24-35-18-7-6-17(26)14-19(18)36-24)37-25-29-21-22(27)28-15-33(23(21)30-25)13-10-31-8-11-32(12-9-31)16(2)34/h3,6-7,14-15,20,24H,1,4-5,8-13,27H2,2H3. The third-order valence-corrected chi connectivity index (χ3v) is 8.20. The van der Waals surface area contributed by atoms with E-state index < -0.39 is 6.29 Å². The summed E-state index contributed by atoms with van der Waals surface area (Å²) in [5.41, 5.74) is 6.77.